The van der Waals surface area contributed by atoms with Gasteiger partial charge < -0.3 is 18.8 Å². The maximum Gasteiger partial charge on any atom is 0.387 e. The van der Waals surface area contributed by atoms with Gasteiger partial charge in [-0.1, -0.05) is 12.1 Å². The molecule has 1 aliphatic rings. The predicted octanol–water partition coefficient (Wildman–Crippen LogP) is 6.07. The van der Waals surface area contributed by atoms with Crippen LogP contribution >= 0.6 is 0 Å². The van der Waals surface area contributed by atoms with Crippen molar-refractivity contribution < 1.29 is 36.6 Å². The molecule has 224 valence electrons. The normalized spacial score (nSPS) is 14.2. The van der Waals surface area contributed by atoms with Gasteiger partial charge in [-0.05, 0) is 68.2 Å². The fraction of sp³-hybridized carbons (Fsp3) is 0.323. The van der Waals surface area contributed by atoms with Gasteiger partial charge in [0.25, 0.3) is 0 Å². The summed E-state index contributed by atoms with van der Waals surface area (Å²) >= 11 is 0. The number of nitriles is 1. The van der Waals surface area contributed by atoms with Crippen molar-refractivity contribution in [3.8, 4) is 17.6 Å². The van der Waals surface area contributed by atoms with E-state index in [9.17, 15) is 18.0 Å². The Balaban J connectivity index is 1.30. The van der Waals surface area contributed by atoms with E-state index < -0.39 is 24.2 Å². The molecule has 8 nitrogen and oxygen atoms in total. The molecule has 4 aromatic rings. The van der Waals surface area contributed by atoms with Gasteiger partial charge in [0, 0.05) is 18.2 Å². The number of fused-ring (bicyclic) bond motifs is 1. The average Bonchev–Trinajstić information content (AvgIpc) is 3.31. The Morgan fingerprint density at radius 3 is 2.53 bits per heavy atom. The lowest BCUT2D eigenvalue weighted by Gasteiger charge is -2.32. The second kappa shape index (κ2) is 12.7. The summed E-state index contributed by atoms with van der Waals surface area (Å²) in [6, 6.07) is 13.3. The molecule has 0 bridgehead atoms. The molecule has 1 saturated heterocycles. The van der Waals surface area contributed by atoms with Crippen molar-refractivity contribution in [2.24, 2.45) is 7.05 Å². The minimum Gasteiger partial charge on any atom is -0.488 e. The number of imidazole rings is 1. The van der Waals surface area contributed by atoms with E-state index in [0.717, 1.165) is 6.07 Å². The Labute approximate surface area is 245 Å². The van der Waals surface area contributed by atoms with E-state index in [1.807, 2.05) is 6.07 Å². The minimum absolute atomic E-state index is 0.0610. The number of carbonyl (C=O) groups is 1. The molecule has 0 amide bonds. The topological polar surface area (TPSA) is 89.6 Å². The second-order valence-corrected chi connectivity index (χ2v) is 10.2. The maximum atomic E-state index is 15.1. The zero-order chi connectivity index (χ0) is 30.7. The molecule has 1 aromatic heterocycles. The van der Waals surface area contributed by atoms with E-state index in [0.29, 0.717) is 55.1 Å². The lowest BCUT2D eigenvalue weighted by atomic mass is 9.88. The molecule has 0 unspecified atom stereocenters. The summed E-state index contributed by atoms with van der Waals surface area (Å²) in [7, 11) is 2.92. The van der Waals surface area contributed by atoms with Crippen LogP contribution in [-0.4, -0.2) is 47.2 Å². The molecule has 5 rings (SSSR count). The number of likely N-dealkylation sites (tertiary alicyclic amines) is 1. The standard InChI is InChI=1S/C31H28F4N4O4/c1-38-24-13-21(30(40)41-2)14-26(43-31(34)35)29(24)37-27(38)16-39-10-8-19(9-11-39)28-22(32)4-3-5-25(28)42-17-20-7-6-18(15-36)12-23(20)33/h3-7,12-14,19,31H,8-11,16-17H2,1-2H3. The van der Waals surface area contributed by atoms with Crippen LogP contribution in [0.25, 0.3) is 11.0 Å². The Hall–Kier alpha value is -4.63. The molecular formula is C31H28F4N4O4. The van der Waals surface area contributed by atoms with E-state index in [-0.39, 0.29) is 40.5 Å². The summed E-state index contributed by atoms with van der Waals surface area (Å²) in [6.07, 6.45) is 1.22. The third-order valence-corrected chi connectivity index (χ3v) is 7.62. The fourth-order valence-electron chi connectivity index (χ4n) is 5.38. The Morgan fingerprint density at radius 2 is 1.86 bits per heavy atom. The predicted molar refractivity (Wildman–Crippen MR) is 148 cm³/mol. The largest absolute Gasteiger partial charge is 0.488 e. The second-order valence-electron chi connectivity index (χ2n) is 10.2. The zero-order valence-corrected chi connectivity index (χ0v) is 23.4. The van der Waals surface area contributed by atoms with Crippen molar-refractivity contribution in [3.05, 3.63) is 88.2 Å². The maximum absolute atomic E-state index is 15.1. The summed E-state index contributed by atoms with van der Waals surface area (Å²) in [5.41, 5.74) is 1.59. The number of esters is 1. The molecule has 3 aromatic carbocycles. The number of hydrogen-bond donors (Lipinski definition) is 0. The van der Waals surface area contributed by atoms with Crippen molar-refractivity contribution in [2.75, 3.05) is 20.2 Å². The zero-order valence-electron chi connectivity index (χ0n) is 23.4. The van der Waals surface area contributed by atoms with Crippen molar-refractivity contribution in [3.63, 3.8) is 0 Å². The van der Waals surface area contributed by atoms with Crippen molar-refractivity contribution in [1.29, 1.82) is 5.26 Å². The number of ether oxygens (including phenoxy) is 3. The SMILES string of the molecule is COC(=O)c1cc(OC(F)F)c2nc(CN3CCC(c4c(F)cccc4OCc4ccc(C#N)cc4F)CC3)n(C)c2c1. The highest BCUT2D eigenvalue weighted by molar-refractivity contribution is 5.96. The lowest BCUT2D eigenvalue weighted by Crippen LogP contribution is -2.33. The molecule has 0 radical (unpaired) electrons. The molecule has 1 fully saturated rings. The number of aryl methyl sites for hydroxylation is 1. The third kappa shape index (κ3) is 6.41. The summed E-state index contributed by atoms with van der Waals surface area (Å²) in [6.45, 7) is -1.64. The number of halogens is 4. The lowest BCUT2D eigenvalue weighted by molar-refractivity contribution is -0.0489. The Bertz CT molecular complexity index is 1690. The molecule has 0 aliphatic carbocycles. The summed E-state index contributed by atoms with van der Waals surface area (Å²) < 4.78 is 72.7. The first-order valence-electron chi connectivity index (χ1n) is 13.5. The first-order chi connectivity index (χ1) is 20.7. The molecule has 43 heavy (non-hydrogen) atoms. The van der Waals surface area contributed by atoms with E-state index in [1.165, 1.54) is 37.4 Å². The van der Waals surface area contributed by atoms with Gasteiger partial charge >= 0.3 is 12.6 Å². The number of aromatic nitrogens is 2. The van der Waals surface area contributed by atoms with Gasteiger partial charge in [-0.2, -0.15) is 14.0 Å². The highest BCUT2D eigenvalue weighted by Crippen LogP contribution is 2.37. The van der Waals surface area contributed by atoms with Crippen LogP contribution in [0.3, 0.4) is 0 Å². The number of alkyl halides is 2. The molecule has 0 saturated carbocycles. The van der Waals surface area contributed by atoms with Crippen LogP contribution in [0.15, 0.2) is 48.5 Å². The van der Waals surface area contributed by atoms with E-state index in [4.69, 9.17) is 14.7 Å². The summed E-state index contributed by atoms with van der Waals surface area (Å²) in [4.78, 5) is 18.8. The Kier molecular flexibility index (Phi) is 8.82. The highest BCUT2D eigenvalue weighted by Gasteiger charge is 2.27. The molecule has 0 atom stereocenters. The van der Waals surface area contributed by atoms with Gasteiger partial charge in [-0.3, -0.25) is 4.90 Å². The van der Waals surface area contributed by atoms with Gasteiger partial charge in [0.15, 0.2) is 5.75 Å². The van der Waals surface area contributed by atoms with Crippen LogP contribution in [0.2, 0.25) is 0 Å². The number of carbonyl (C=O) groups excluding carboxylic acids is 1. The number of piperidine rings is 1. The fourth-order valence-corrected chi connectivity index (χ4v) is 5.38. The van der Waals surface area contributed by atoms with Crippen LogP contribution < -0.4 is 9.47 Å². The monoisotopic (exact) mass is 596 g/mol. The van der Waals surface area contributed by atoms with E-state index >= 15 is 4.39 Å². The molecule has 1 aliphatic heterocycles. The Morgan fingerprint density at radius 1 is 1.09 bits per heavy atom. The van der Waals surface area contributed by atoms with Gasteiger partial charge in [-0.15, -0.1) is 0 Å². The first kappa shape index (κ1) is 29.8. The van der Waals surface area contributed by atoms with Crippen LogP contribution in [0.5, 0.6) is 11.5 Å². The minimum atomic E-state index is -3.10. The van der Waals surface area contributed by atoms with Gasteiger partial charge in [0.1, 0.15) is 35.3 Å². The molecule has 0 N–H and O–H groups in total. The van der Waals surface area contributed by atoms with Crippen LogP contribution in [-0.2, 0) is 24.9 Å². The number of hydrogen-bond acceptors (Lipinski definition) is 7. The van der Waals surface area contributed by atoms with Crippen LogP contribution in [0.4, 0.5) is 17.6 Å². The number of nitrogens with zero attached hydrogens (tertiary/aromatic N) is 4. The van der Waals surface area contributed by atoms with Crippen molar-refractivity contribution >= 4 is 17.0 Å². The van der Waals surface area contributed by atoms with E-state index in [2.05, 4.69) is 14.6 Å². The van der Waals surface area contributed by atoms with Gasteiger partial charge in [0.2, 0.25) is 0 Å². The number of methoxy groups -OCH3 is 1. The van der Waals surface area contributed by atoms with E-state index in [1.54, 1.807) is 23.7 Å². The first-order valence-corrected chi connectivity index (χ1v) is 13.5. The quantitative estimate of drug-likeness (QED) is 0.171. The number of benzene rings is 3. The highest BCUT2D eigenvalue weighted by atomic mass is 19.3. The molecule has 12 heteroatoms. The van der Waals surface area contributed by atoms with Crippen molar-refractivity contribution in [1.82, 2.24) is 14.5 Å². The molecule has 0 spiro atoms. The average molecular weight is 597 g/mol. The summed E-state index contributed by atoms with van der Waals surface area (Å²) in [5.74, 6) is -1.11. The van der Waals surface area contributed by atoms with Gasteiger partial charge in [-0.25, -0.2) is 18.6 Å². The molecule has 2 heterocycles. The number of rotatable bonds is 9. The third-order valence-electron chi connectivity index (χ3n) is 7.62. The smallest absolute Gasteiger partial charge is 0.387 e. The van der Waals surface area contributed by atoms with Crippen LogP contribution in [0, 0.1) is 23.0 Å². The molecular weight excluding hydrogens is 568 g/mol. The van der Waals surface area contributed by atoms with Crippen LogP contribution in [0.1, 0.15) is 51.6 Å². The summed E-state index contributed by atoms with van der Waals surface area (Å²) in [5, 5.41) is 8.95. The van der Waals surface area contributed by atoms with Gasteiger partial charge in [0.05, 0.1) is 36.4 Å². The van der Waals surface area contributed by atoms with Crippen molar-refractivity contribution in [2.45, 2.75) is 38.5 Å².